The molecule has 0 unspecified atom stereocenters. The Labute approximate surface area is 92.8 Å². The minimum atomic E-state index is -1.65. The SMILES string of the molecule is C=CC(N)=O.C[C@@H](O)[C@@H](O)[C@H](O)[C@H](O)C=O. The van der Waals surface area contributed by atoms with E-state index < -0.39 is 30.3 Å². The average molecular weight is 235 g/mol. The first-order chi connectivity index (χ1) is 7.27. The third kappa shape index (κ3) is 8.06. The molecule has 0 radical (unpaired) electrons. The van der Waals surface area contributed by atoms with Crippen LogP contribution in [0.2, 0.25) is 0 Å². The van der Waals surface area contributed by atoms with Crippen LogP contribution in [-0.4, -0.2) is 57.0 Å². The molecule has 0 fully saturated rings. The number of aliphatic hydroxyl groups is 4. The van der Waals surface area contributed by atoms with Gasteiger partial charge in [0.1, 0.15) is 18.3 Å². The molecule has 0 aromatic rings. The van der Waals surface area contributed by atoms with Gasteiger partial charge in [-0.05, 0) is 13.0 Å². The molecule has 94 valence electrons. The number of primary amides is 1. The van der Waals surface area contributed by atoms with E-state index in [9.17, 15) is 9.59 Å². The third-order valence-electron chi connectivity index (χ3n) is 1.53. The van der Waals surface area contributed by atoms with Gasteiger partial charge in [0.15, 0.2) is 6.29 Å². The van der Waals surface area contributed by atoms with E-state index in [4.69, 9.17) is 20.4 Å². The molecule has 7 nitrogen and oxygen atoms in total. The van der Waals surface area contributed by atoms with Crippen LogP contribution in [0.15, 0.2) is 12.7 Å². The van der Waals surface area contributed by atoms with Gasteiger partial charge in [0.25, 0.3) is 0 Å². The molecule has 4 atom stereocenters. The summed E-state index contributed by atoms with van der Waals surface area (Å²) in [6.45, 7) is 4.33. The number of rotatable bonds is 5. The zero-order valence-corrected chi connectivity index (χ0v) is 8.85. The second-order valence-electron chi connectivity index (χ2n) is 2.95. The van der Waals surface area contributed by atoms with Crippen LogP contribution < -0.4 is 5.73 Å². The summed E-state index contributed by atoms with van der Waals surface area (Å²) in [4.78, 5) is 19.3. The summed E-state index contributed by atoms with van der Waals surface area (Å²) in [6.07, 6.45) is -4.82. The predicted octanol–water partition coefficient (Wildman–Crippen LogP) is -2.69. The van der Waals surface area contributed by atoms with Crippen LogP contribution in [0.4, 0.5) is 0 Å². The second kappa shape index (κ2) is 8.98. The fourth-order valence-electron chi connectivity index (χ4n) is 0.568. The molecule has 0 aromatic heterocycles. The van der Waals surface area contributed by atoms with E-state index >= 15 is 0 Å². The number of hydrogen-bond acceptors (Lipinski definition) is 6. The maximum atomic E-state index is 9.87. The Morgan fingerprint density at radius 1 is 1.25 bits per heavy atom. The number of nitrogens with two attached hydrogens (primary N) is 1. The summed E-state index contributed by atoms with van der Waals surface area (Å²) >= 11 is 0. The Kier molecular flexibility index (Phi) is 9.61. The largest absolute Gasteiger partial charge is 0.391 e. The van der Waals surface area contributed by atoms with Crippen LogP contribution in [0.5, 0.6) is 0 Å². The van der Waals surface area contributed by atoms with E-state index in [2.05, 4.69) is 12.3 Å². The molecule has 0 bridgehead atoms. The van der Waals surface area contributed by atoms with Gasteiger partial charge in [-0.25, -0.2) is 0 Å². The van der Waals surface area contributed by atoms with Crippen molar-refractivity contribution in [1.82, 2.24) is 0 Å². The molecule has 6 N–H and O–H groups in total. The Morgan fingerprint density at radius 3 is 1.81 bits per heavy atom. The van der Waals surface area contributed by atoms with E-state index in [-0.39, 0.29) is 6.29 Å². The topological polar surface area (TPSA) is 141 Å². The van der Waals surface area contributed by atoms with Crippen molar-refractivity contribution in [2.24, 2.45) is 5.73 Å². The van der Waals surface area contributed by atoms with Gasteiger partial charge in [-0.3, -0.25) is 4.79 Å². The molecule has 1 amide bonds. The number of aliphatic hydroxyl groups excluding tert-OH is 4. The average Bonchev–Trinajstić information content (AvgIpc) is 2.26. The normalized spacial score (nSPS) is 17.1. The molecular weight excluding hydrogens is 218 g/mol. The summed E-state index contributed by atoms with van der Waals surface area (Å²) in [5.41, 5.74) is 4.53. The quantitative estimate of drug-likeness (QED) is 0.259. The third-order valence-corrected chi connectivity index (χ3v) is 1.53. The number of hydrogen-bond donors (Lipinski definition) is 5. The van der Waals surface area contributed by atoms with Gasteiger partial charge in [0.2, 0.25) is 5.91 Å². The Bertz CT molecular complexity index is 230. The highest BCUT2D eigenvalue weighted by molar-refractivity contribution is 5.84. The zero-order valence-electron chi connectivity index (χ0n) is 8.85. The second-order valence-corrected chi connectivity index (χ2v) is 2.95. The van der Waals surface area contributed by atoms with Crippen molar-refractivity contribution in [1.29, 1.82) is 0 Å². The van der Waals surface area contributed by atoms with Gasteiger partial charge in [-0.1, -0.05) is 6.58 Å². The molecule has 7 heteroatoms. The predicted molar refractivity (Wildman–Crippen MR) is 55.2 cm³/mol. The maximum absolute atomic E-state index is 9.87. The van der Waals surface area contributed by atoms with E-state index in [0.717, 1.165) is 6.08 Å². The lowest BCUT2D eigenvalue weighted by Crippen LogP contribution is -2.43. The Balaban J connectivity index is 0. The summed E-state index contributed by atoms with van der Waals surface area (Å²) in [6, 6.07) is 0. The van der Waals surface area contributed by atoms with E-state index in [1.54, 1.807) is 0 Å². The monoisotopic (exact) mass is 235 g/mol. The van der Waals surface area contributed by atoms with Gasteiger partial charge >= 0.3 is 0 Å². The van der Waals surface area contributed by atoms with E-state index in [1.807, 2.05) is 0 Å². The van der Waals surface area contributed by atoms with Crippen molar-refractivity contribution in [2.75, 3.05) is 0 Å². The first-order valence-electron chi connectivity index (χ1n) is 4.37. The van der Waals surface area contributed by atoms with Crippen molar-refractivity contribution >= 4 is 12.2 Å². The van der Waals surface area contributed by atoms with E-state index in [1.165, 1.54) is 6.92 Å². The van der Waals surface area contributed by atoms with Crippen molar-refractivity contribution < 1.29 is 30.0 Å². The van der Waals surface area contributed by atoms with Gasteiger partial charge in [-0.15, -0.1) is 0 Å². The number of aldehydes is 1. The zero-order chi connectivity index (χ0) is 13.3. The highest BCUT2D eigenvalue weighted by Gasteiger charge is 2.27. The Morgan fingerprint density at radius 2 is 1.62 bits per heavy atom. The van der Waals surface area contributed by atoms with Crippen LogP contribution in [0.1, 0.15) is 6.92 Å². The summed E-state index contributed by atoms with van der Waals surface area (Å²) in [7, 11) is 0. The fourth-order valence-corrected chi connectivity index (χ4v) is 0.568. The Hall–Kier alpha value is -1.28. The van der Waals surface area contributed by atoms with E-state index in [0.29, 0.717) is 0 Å². The summed E-state index contributed by atoms with van der Waals surface area (Å²) in [5, 5.41) is 35.1. The first kappa shape index (κ1) is 17.1. The lowest BCUT2D eigenvalue weighted by Gasteiger charge is -2.21. The highest BCUT2D eigenvalue weighted by Crippen LogP contribution is 2.02. The van der Waals surface area contributed by atoms with Gasteiger partial charge < -0.3 is 31.0 Å². The minimum Gasteiger partial charge on any atom is -0.391 e. The van der Waals surface area contributed by atoms with Crippen LogP contribution in [0.3, 0.4) is 0 Å². The molecule has 0 saturated heterocycles. The highest BCUT2D eigenvalue weighted by atomic mass is 16.4. The smallest absolute Gasteiger partial charge is 0.240 e. The molecule has 0 rings (SSSR count). The minimum absolute atomic E-state index is 0.0935. The van der Waals surface area contributed by atoms with Gasteiger partial charge in [-0.2, -0.15) is 0 Å². The molecule has 0 aliphatic carbocycles. The molecule has 0 spiro atoms. The van der Waals surface area contributed by atoms with Crippen LogP contribution in [-0.2, 0) is 9.59 Å². The van der Waals surface area contributed by atoms with Crippen molar-refractivity contribution in [2.45, 2.75) is 31.3 Å². The van der Waals surface area contributed by atoms with Crippen molar-refractivity contribution in [3.63, 3.8) is 0 Å². The van der Waals surface area contributed by atoms with Crippen LogP contribution >= 0.6 is 0 Å². The fraction of sp³-hybridized carbons (Fsp3) is 0.556. The molecule has 0 aliphatic heterocycles. The summed E-state index contributed by atoms with van der Waals surface area (Å²) in [5.74, 6) is -0.481. The van der Waals surface area contributed by atoms with Crippen LogP contribution in [0, 0.1) is 0 Å². The molecule has 16 heavy (non-hydrogen) atoms. The standard InChI is InChI=1S/C6H12O5.C3H5NO/c1-3(8)5(10)6(11)4(9)2-7;1-2-3(4)5/h2-6,8-11H,1H3;2H,1H2,(H2,4,5)/t3-,4-,5-,6-;/m1./s1. The first-order valence-corrected chi connectivity index (χ1v) is 4.37. The van der Waals surface area contributed by atoms with Gasteiger partial charge in [0.05, 0.1) is 6.10 Å². The summed E-state index contributed by atoms with van der Waals surface area (Å²) < 4.78 is 0. The van der Waals surface area contributed by atoms with Crippen molar-refractivity contribution in [3.05, 3.63) is 12.7 Å². The molecule has 0 aromatic carbocycles. The number of amides is 1. The number of carbonyl (C=O) groups excluding carboxylic acids is 2. The molecule has 0 aliphatic rings. The van der Waals surface area contributed by atoms with Crippen molar-refractivity contribution in [3.8, 4) is 0 Å². The molecular formula is C9H17NO6. The maximum Gasteiger partial charge on any atom is 0.240 e. The molecule has 0 heterocycles. The van der Waals surface area contributed by atoms with Crippen LogP contribution in [0.25, 0.3) is 0 Å². The number of carbonyl (C=O) groups is 2. The molecule has 0 saturated carbocycles. The lowest BCUT2D eigenvalue weighted by atomic mass is 10.1. The van der Waals surface area contributed by atoms with Gasteiger partial charge in [0, 0.05) is 0 Å². The lowest BCUT2D eigenvalue weighted by molar-refractivity contribution is -0.132.